The Bertz CT molecular complexity index is 529. The van der Waals surface area contributed by atoms with Crippen LogP contribution in [0.3, 0.4) is 0 Å². The van der Waals surface area contributed by atoms with Crippen LogP contribution in [0.4, 0.5) is 0 Å². The highest BCUT2D eigenvalue weighted by Gasteiger charge is 2.27. The quantitative estimate of drug-likeness (QED) is 0.691. The van der Waals surface area contributed by atoms with Crippen molar-refractivity contribution in [3.8, 4) is 0 Å². The molecule has 0 amide bonds. The first-order valence-corrected chi connectivity index (χ1v) is 8.24. The van der Waals surface area contributed by atoms with Gasteiger partial charge in [0.15, 0.2) is 5.82 Å². The Kier molecular flexibility index (Phi) is 5.08. The van der Waals surface area contributed by atoms with Crippen molar-refractivity contribution in [3.05, 3.63) is 12.2 Å². The molecule has 0 bridgehead atoms. The van der Waals surface area contributed by atoms with E-state index in [1.54, 1.807) is 18.1 Å². The molecule has 9 heteroatoms. The molecule has 8 nitrogen and oxygen atoms in total. The summed E-state index contributed by atoms with van der Waals surface area (Å²) < 4.78 is 30.0. The molecular formula is C11H22N6O2S. The lowest BCUT2D eigenvalue weighted by molar-refractivity contribution is 0.269. The van der Waals surface area contributed by atoms with Crippen molar-refractivity contribution in [1.29, 1.82) is 0 Å². The molecule has 1 saturated heterocycles. The number of nitrogens with one attached hydrogen (secondary N) is 1. The minimum Gasteiger partial charge on any atom is -0.330 e. The lowest BCUT2D eigenvalue weighted by atomic mass is 10.0. The van der Waals surface area contributed by atoms with Gasteiger partial charge in [-0.05, 0) is 25.3 Å². The average molecular weight is 302 g/mol. The number of hydrogen-bond acceptors (Lipinski definition) is 5. The van der Waals surface area contributed by atoms with Gasteiger partial charge in [0.1, 0.15) is 6.33 Å². The van der Waals surface area contributed by atoms with Crippen LogP contribution >= 0.6 is 0 Å². The van der Waals surface area contributed by atoms with E-state index in [4.69, 9.17) is 5.73 Å². The summed E-state index contributed by atoms with van der Waals surface area (Å²) in [6.45, 7) is 1.90. The average Bonchev–Trinajstić information content (AvgIpc) is 2.84. The fourth-order valence-corrected chi connectivity index (χ4v) is 3.64. The standard InChI is InChI=1S/C11H22N6O2S/c1-16-9-13-11(15-16)4-5-14-20(18,19)17-6-2-3-10(7-12)8-17/h9-10,14H,2-8,12H2,1H3. The first-order chi connectivity index (χ1) is 9.51. The fraction of sp³-hybridized carbons (Fsp3) is 0.818. The highest BCUT2D eigenvalue weighted by atomic mass is 32.2. The zero-order chi connectivity index (χ0) is 14.6. The van der Waals surface area contributed by atoms with Crippen LogP contribution < -0.4 is 10.5 Å². The number of hydrogen-bond donors (Lipinski definition) is 2. The van der Waals surface area contributed by atoms with Gasteiger partial charge in [0.25, 0.3) is 10.2 Å². The Hall–Kier alpha value is -1.03. The first-order valence-electron chi connectivity index (χ1n) is 6.80. The van der Waals surface area contributed by atoms with Gasteiger partial charge < -0.3 is 5.73 Å². The Morgan fingerprint density at radius 1 is 1.55 bits per heavy atom. The van der Waals surface area contributed by atoms with Crippen molar-refractivity contribution >= 4 is 10.2 Å². The van der Waals surface area contributed by atoms with E-state index in [1.165, 1.54) is 4.31 Å². The van der Waals surface area contributed by atoms with Crippen LogP contribution in [0.2, 0.25) is 0 Å². The maximum absolute atomic E-state index is 12.2. The predicted molar refractivity (Wildman–Crippen MR) is 75.0 cm³/mol. The van der Waals surface area contributed by atoms with E-state index in [0.717, 1.165) is 12.8 Å². The molecule has 1 aliphatic rings. The second-order valence-corrected chi connectivity index (χ2v) is 6.84. The molecule has 0 saturated carbocycles. The van der Waals surface area contributed by atoms with Crippen molar-refractivity contribution in [2.75, 3.05) is 26.2 Å². The van der Waals surface area contributed by atoms with Crippen LogP contribution in [0.1, 0.15) is 18.7 Å². The third kappa shape index (κ3) is 3.98. The van der Waals surface area contributed by atoms with Gasteiger partial charge in [0.05, 0.1) is 0 Å². The molecule has 0 aromatic carbocycles. The lowest BCUT2D eigenvalue weighted by Crippen LogP contribution is -2.47. The van der Waals surface area contributed by atoms with Gasteiger partial charge in [0, 0.05) is 33.1 Å². The Morgan fingerprint density at radius 2 is 2.35 bits per heavy atom. The van der Waals surface area contributed by atoms with E-state index in [9.17, 15) is 8.42 Å². The van der Waals surface area contributed by atoms with Crippen molar-refractivity contribution in [2.24, 2.45) is 18.7 Å². The van der Waals surface area contributed by atoms with Gasteiger partial charge in [-0.3, -0.25) is 4.68 Å². The molecule has 114 valence electrons. The normalized spacial score (nSPS) is 21.2. The molecule has 1 aliphatic heterocycles. The summed E-state index contributed by atoms with van der Waals surface area (Å²) >= 11 is 0. The zero-order valence-electron chi connectivity index (χ0n) is 11.7. The van der Waals surface area contributed by atoms with E-state index in [-0.39, 0.29) is 5.92 Å². The van der Waals surface area contributed by atoms with E-state index in [2.05, 4.69) is 14.8 Å². The van der Waals surface area contributed by atoms with E-state index in [0.29, 0.717) is 38.4 Å². The van der Waals surface area contributed by atoms with Crippen molar-refractivity contribution < 1.29 is 8.42 Å². The summed E-state index contributed by atoms with van der Waals surface area (Å²) in [5.41, 5.74) is 5.63. The summed E-state index contributed by atoms with van der Waals surface area (Å²) in [5.74, 6) is 0.895. The molecule has 1 aromatic heterocycles. The molecule has 2 heterocycles. The highest BCUT2D eigenvalue weighted by molar-refractivity contribution is 7.87. The van der Waals surface area contributed by atoms with Gasteiger partial charge in [0.2, 0.25) is 0 Å². The second kappa shape index (κ2) is 6.61. The molecule has 3 N–H and O–H groups in total. The molecule has 1 atom stereocenters. The summed E-state index contributed by atoms with van der Waals surface area (Å²) in [6, 6.07) is 0. The molecule has 0 radical (unpaired) electrons. The predicted octanol–water partition coefficient (Wildman–Crippen LogP) is -1.14. The van der Waals surface area contributed by atoms with Gasteiger partial charge in [-0.2, -0.15) is 17.8 Å². The molecule has 20 heavy (non-hydrogen) atoms. The van der Waals surface area contributed by atoms with Crippen LogP contribution in [0, 0.1) is 5.92 Å². The van der Waals surface area contributed by atoms with E-state index in [1.807, 2.05) is 0 Å². The second-order valence-electron chi connectivity index (χ2n) is 5.09. The van der Waals surface area contributed by atoms with Gasteiger partial charge in [-0.25, -0.2) is 9.71 Å². The van der Waals surface area contributed by atoms with Crippen LogP contribution in [0.5, 0.6) is 0 Å². The number of nitrogens with two attached hydrogens (primary N) is 1. The molecule has 1 unspecified atom stereocenters. The molecule has 0 aliphatic carbocycles. The smallest absolute Gasteiger partial charge is 0.279 e. The van der Waals surface area contributed by atoms with Crippen LogP contribution in [0.25, 0.3) is 0 Å². The third-order valence-electron chi connectivity index (χ3n) is 3.44. The molecule has 1 fully saturated rings. The summed E-state index contributed by atoms with van der Waals surface area (Å²) in [5, 5.41) is 4.11. The molecular weight excluding hydrogens is 280 g/mol. The van der Waals surface area contributed by atoms with Crippen molar-refractivity contribution in [2.45, 2.75) is 19.3 Å². The van der Waals surface area contributed by atoms with Crippen LogP contribution in [-0.4, -0.2) is 53.7 Å². The minimum absolute atomic E-state index is 0.262. The maximum atomic E-state index is 12.2. The number of aromatic nitrogens is 3. The maximum Gasteiger partial charge on any atom is 0.279 e. The first kappa shape index (κ1) is 15.4. The Balaban J connectivity index is 1.84. The summed E-state index contributed by atoms with van der Waals surface area (Å²) in [7, 11) is -1.65. The van der Waals surface area contributed by atoms with Crippen molar-refractivity contribution in [3.63, 3.8) is 0 Å². The van der Waals surface area contributed by atoms with Crippen LogP contribution in [-0.2, 0) is 23.7 Å². The topological polar surface area (TPSA) is 106 Å². The number of nitrogens with zero attached hydrogens (tertiary/aromatic N) is 4. The van der Waals surface area contributed by atoms with E-state index >= 15 is 0 Å². The number of aryl methyl sites for hydroxylation is 1. The third-order valence-corrected chi connectivity index (χ3v) is 5.02. The Labute approximate surface area is 119 Å². The van der Waals surface area contributed by atoms with Gasteiger partial charge in [-0.1, -0.05) is 0 Å². The lowest BCUT2D eigenvalue weighted by Gasteiger charge is -2.31. The summed E-state index contributed by atoms with van der Waals surface area (Å²) in [4.78, 5) is 4.06. The highest BCUT2D eigenvalue weighted by Crippen LogP contribution is 2.17. The van der Waals surface area contributed by atoms with Crippen molar-refractivity contribution in [1.82, 2.24) is 23.8 Å². The monoisotopic (exact) mass is 302 g/mol. The fourth-order valence-electron chi connectivity index (χ4n) is 2.32. The van der Waals surface area contributed by atoms with Gasteiger partial charge in [-0.15, -0.1) is 0 Å². The zero-order valence-corrected chi connectivity index (χ0v) is 12.5. The minimum atomic E-state index is -3.42. The molecule has 2 rings (SSSR count). The molecule has 0 spiro atoms. The SMILES string of the molecule is Cn1cnc(CCNS(=O)(=O)N2CCCC(CN)C2)n1. The number of piperidine rings is 1. The van der Waals surface area contributed by atoms with E-state index < -0.39 is 10.2 Å². The number of rotatable bonds is 6. The largest absolute Gasteiger partial charge is 0.330 e. The molecule has 1 aromatic rings. The van der Waals surface area contributed by atoms with Crippen LogP contribution in [0.15, 0.2) is 6.33 Å². The summed E-state index contributed by atoms with van der Waals surface area (Å²) in [6.07, 6.45) is 3.94. The Morgan fingerprint density at radius 3 is 3.00 bits per heavy atom. The van der Waals surface area contributed by atoms with Gasteiger partial charge >= 0.3 is 0 Å².